The van der Waals surface area contributed by atoms with Gasteiger partial charge in [0.15, 0.2) is 0 Å². The van der Waals surface area contributed by atoms with E-state index < -0.39 is 33.7 Å². The number of likely N-dealkylation sites (N-methyl/N-ethyl adjacent to an activating group) is 1. The van der Waals surface area contributed by atoms with Gasteiger partial charge in [0.1, 0.15) is 0 Å². The van der Waals surface area contributed by atoms with E-state index >= 15 is 0 Å². The molecule has 1 aliphatic carbocycles. The van der Waals surface area contributed by atoms with Crippen molar-refractivity contribution in [2.24, 2.45) is 11.3 Å². The molecule has 2 fully saturated rings. The van der Waals surface area contributed by atoms with Crippen LogP contribution >= 0.6 is 23.2 Å². The minimum atomic E-state index is -3.74. The summed E-state index contributed by atoms with van der Waals surface area (Å²) in [5, 5.41) is 10.9. The minimum Gasteiger partial charge on any atom is -0.481 e. The molecule has 1 aliphatic heterocycles. The van der Waals surface area contributed by atoms with Gasteiger partial charge in [-0.1, -0.05) is 54.4 Å². The summed E-state index contributed by atoms with van der Waals surface area (Å²) < 4.78 is 28.4. The molecular weight excluding hydrogens is 561 g/mol. The van der Waals surface area contributed by atoms with Crippen LogP contribution in [0.3, 0.4) is 0 Å². The molecule has 39 heavy (non-hydrogen) atoms. The quantitative estimate of drug-likeness (QED) is 0.414. The molecule has 4 rings (SSSR count). The first-order valence-electron chi connectivity index (χ1n) is 12.9. The lowest BCUT2D eigenvalue weighted by molar-refractivity contribution is -0.161. The van der Waals surface area contributed by atoms with Crippen molar-refractivity contribution in [3.05, 3.63) is 69.7 Å². The molecule has 1 amide bonds. The number of carbonyl (C=O) groups excluding carboxylic acids is 1. The molecule has 212 valence electrons. The SMILES string of the molecule is CN(C)S(=O)(=O)N(C)C[C@H](C1CC1)N1C(=O)[C@@](C)(CC(=O)O)C[C@H](c2cccc(Cl)c2)[C@H]1c1ccc(Cl)cc1. The molecule has 2 aromatic carbocycles. The largest absolute Gasteiger partial charge is 0.481 e. The van der Waals surface area contributed by atoms with Gasteiger partial charge >= 0.3 is 5.97 Å². The van der Waals surface area contributed by atoms with E-state index in [0.717, 1.165) is 28.3 Å². The van der Waals surface area contributed by atoms with Crippen molar-refractivity contribution < 1.29 is 23.1 Å². The summed E-state index contributed by atoms with van der Waals surface area (Å²) >= 11 is 12.6. The van der Waals surface area contributed by atoms with Crippen LogP contribution in [-0.4, -0.2) is 72.6 Å². The molecule has 0 bridgehead atoms. The molecule has 1 heterocycles. The Morgan fingerprint density at radius 2 is 1.72 bits per heavy atom. The van der Waals surface area contributed by atoms with E-state index in [4.69, 9.17) is 23.2 Å². The zero-order valence-electron chi connectivity index (χ0n) is 22.5. The first kappa shape index (κ1) is 29.8. The summed E-state index contributed by atoms with van der Waals surface area (Å²) in [5.41, 5.74) is 0.535. The molecule has 1 N–H and O–H groups in total. The number of benzene rings is 2. The summed E-state index contributed by atoms with van der Waals surface area (Å²) in [7, 11) is 0.718. The molecule has 4 atom stereocenters. The number of carboxylic acids is 1. The molecule has 1 saturated carbocycles. The fourth-order valence-corrected chi connectivity index (χ4v) is 7.05. The van der Waals surface area contributed by atoms with Crippen molar-refractivity contribution in [3.63, 3.8) is 0 Å². The van der Waals surface area contributed by atoms with Crippen LogP contribution in [0.5, 0.6) is 0 Å². The van der Waals surface area contributed by atoms with Gasteiger partial charge in [0.25, 0.3) is 10.2 Å². The van der Waals surface area contributed by atoms with Gasteiger partial charge < -0.3 is 10.0 Å². The van der Waals surface area contributed by atoms with Crippen LogP contribution in [0.4, 0.5) is 0 Å². The molecule has 0 radical (unpaired) electrons. The Morgan fingerprint density at radius 1 is 1.08 bits per heavy atom. The molecule has 0 unspecified atom stereocenters. The lowest BCUT2D eigenvalue weighted by Gasteiger charge is -2.52. The third-order valence-corrected chi connectivity index (χ3v) is 10.3. The average Bonchev–Trinajstić information content (AvgIpc) is 3.69. The number of amides is 1. The number of hydrogen-bond donors (Lipinski definition) is 1. The Bertz CT molecular complexity index is 1330. The third kappa shape index (κ3) is 6.28. The van der Waals surface area contributed by atoms with Crippen molar-refractivity contribution in [1.29, 1.82) is 0 Å². The number of piperidine rings is 1. The van der Waals surface area contributed by atoms with Gasteiger partial charge in [0.2, 0.25) is 5.91 Å². The fraction of sp³-hybridized carbons (Fsp3) is 0.500. The lowest BCUT2D eigenvalue weighted by atomic mass is 9.67. The van der Waals surface area contributed by atoms with Gasteiger partial charge in [0, 0.05) is 49.7 Å². The van der Waals surface area contributed by atoms with Crippen LogP contribution in [0.25, 0.3) is 0 Å². The monoisotopic (exact) mass is 595 g/mol. The minimum absolute atomic E-state index is 0.0897. The first-order chi connectivity index (χ1) is 18.2. The highest BCUT2D eigenvalue weighted by atomic mass is 35.5. The van der Waals surface area contributed by atoms with Crippen LogP contribution in [0.15, 0.2) is 48.5 Å². The molecular formula is C28H35Cl2N3O5S. The summed E-state index contributed by atoms with van der Waals surface area (Å²) in [4.78, 5) is 28.3. The number of nitrogens with zero attached hydrogens (tertiary/aromatic N) is 3. The van der Waals surface area contributed by atoms with Crippen molar-refractivity contribution in [2.75, 3.05) is 27.7 Å². The van der Waals surface area contributed by atoms with E-state index in [-0.39, 0.29) is 30.7 Å². The number of rotatable bonds is 10. The predicted octanol–water partition coefficient (Wildman–Crippen LogP) is 5.05. The van der Waals surface area contributed by atoms with Crippen molar-refractivity contribution >= 4 is 45.3 Å². The van der Waals surface area contributed by atoms with Crippen LogP contribution in [0.1, 0.15) is 55.7 Å². The number of hydrogen-bond acceptors (Lipinski definition) is 4. The highest BCUT2D eigenvalue weighted by molar-refractivity contribution is 7.86. The molecule has 2 aromatic rings. The maximum atomic E-state index is 14.4. The van der Waals surface area contributed by atoms with E-state index in [2.05, 4.69) is 0 Å². The third-order valence-electron chi connectivity index (χ3n) is 7.95. The Morgan fingerprint density at radius 3 is 2.26 bits per heavy atom. The van der Waals surface area contributed by atoms with Crippen LogP contribution in [-0.2, 0) is 19.8 Å². The Balaban J connectivity index is 1.90. The highest BCUT2D eigenvalue weighted by Crippen LogP contribution is 2.54. The van der Waals surface area contributed by atoms with E-state index in [9.17, 15) is 23.1 Å². The summed E-state index contributed by atoms with van der Waals surface area (Å²) in [6, 6.07) is 13.8. The molecule has 0 aromatic heterocycles. The van der Waals surface area contributed by atoms with Crippen LogP contribution in [0, 0.1) is 11.3 Å². The van der Waals surface area contributed by atoms with E-state index in [1.165, 1.54) is 25.4 Å². The number of halogens is 2. The smallest absolute Gasteiger partial charge is 0.304 e. The standard InChI is InChI=1S/C28H35Cl2N3O5S/c1-28(16-25(34)35)15-23(20-6-5-7-22(30)14-20)26(19-10-12-21(29)13-11-19)33(27(28)36)24(18-8-9-18)17-32(4)39(37,38)31(2)3/h5-7,10-14,18,23-24,26H,8-9,15-17H2,1-4H3,(H,34,35)/t23-,24-,26-,28-/m1/s1. The topological polar surface area (TPSA) is 98.2 Å². The molecule has 8 nitrogen and oxygen atoms in total. The fourth-order valence-electron chi connectivity index (χ4n) is 5.83. The molecule has 2 aliphatic rings. The van der Waals surface area contributed by atoms with Crippen molar-refractivity contribution in [3.8, 4) is 0 Å². The maximum Gasteiger partial charge on any atom is 0.304 e. The number of carbonyl (C=O) groups is 2. The predicted molar refractivity (Wildman–Crippen MR) is 152 cm³/mol. The zero-order chi connectivity index (χ0) is 28.7. The second-order valence-electron chi connectivity index (χ2n) is 11.2. The summed E-state index contributed by atoms with van der Waals surface area (Å²) in [6.07, 6.45) is 1.67. The number of aliphatic carboxylic acids is 1. The first-order valence-corrected chi connectivity index (χ1v) is 15.1. The van der Waals surface area contributed by atoms with E-state index in [1.54, 1.807) is 30.0 Å². The molecule has 1 saturated heterocycles. The Hall–Kier alpha value is -2.17. The zero-order valence-corrected chi connectivity index (χ0v) is 24.9. The maximum absolute atomic E-state index is 14.4. The Kier molecular flexibility index (Phi) is 8.69. The average molecular weight is 597 g/mol. The van der Waals surface area contributed by atoms with Gasteiger partial charge in [-0.25, -0.2) is 0 Å². The van der Waals surface area contributed by atoms with Crippen molar-refractivity contribution in [1.82, 2.24) is 13.5 Å². The van der Waals surface area contributed by atoms with Gasteiger partial charge in [-0.15, -0.1) is 0 Å². The van der Waals surface area contributed by atoms with Crippen LogP contribution in [0.2, 0.25) is 10.0 Å². The molecule has 11 heteroatoms. The second-order valence-corrected chi connectivity index (χ2v) is 14.3. The van der Waals surface area contributed by atoms with E-state index in [0.29, 0.717) is 16.5 Å². The van der Waals surface area contributed by atoms with Gasteiger partial charge in [-0.3, -0.25) is 9.59 Å². The number of carboxylic acid groups (broad SMARTS) is 1. The lowest BCUT2D eigenvalue weighted by Crippen LogP contribution is -2.59. The van der Waals surface area contributed by atoms with Gasteiger partial charge in [0.05, 0.1) is 17.9 Å². The van der Waals surface area contributed by atoms with Crippen molar-refractivity contribution in [2.45, 2.75) is 50.6 Å². The van der Waals surface area contributed by atoms with E-state index in [1.807, 2.05) is 30.3 Å². The summed E-state index contributed by atoms with van der Waals surface area (Å²) in [6.45, 7) is 1.79. The van der Waals surface area contributed by atoms with Gasteiger partial charge in [-0.05, 0) is 60.6 Å². The summed E-state index contributed by atoms with van der Waals surface area (Å²) in [5.74, 6) is -1.54. The normalized spacial score (nSPS) is 24.8. The highest BCUT2D eigenvalue weighted by Gasteiger charge is 2.55. The molecule has 0 spiro atoms. The second kappa shape index (κ2) is 11.4. The Labute approximate surface area is 240 Å². The van der Waals surface area contributed by atoms with Crippen LogP contribution < -0.4 is 0 Å². The van der Waals surface area contributed by atoms with Gasteiger partial charge in [-0.2, -0.15) is 17.0 Å². The number of likely N-dealkylation sites (tertiary alicyclic amines) is 1.